The van der Waals surface area contributed by atoms with Crippen LogP contribution in [0.3, 0.4) is 0 Å². The number of allylic oxidation sites excluding steroid dienone is 1. The molecule has 0 saturated carbocycles. The molecule has 0 amide bonds. The molecule has 1 N–H and O–H groups in total. The van der Waals surface area contributed by atoms with Gasteiger partial charge in [-0.3, -0.25) is 4.79 Å². The van der Waals surface area contributed by atoms with Gasteiger partial charge in [-0.1, -0.05) is 55.5 Å². The topological polar surface area (TPSA) is 46.5 Å². The Morgan fingerprint density at radius 3 is 2.77 bits per heavy atom. The molecule has 1 unspecified atom stereocenters. The number of carbonyl (C=O) groups excluding carboxylic acids is 1. The highest BCUT2D eigenvalue weighted by atomic mass is 16.5. The molecule has 22 heavy (non-hydrogen) atoms. The number of aliphatic hydroxyl groups excluding tert-OH is 1. The maximum absolute atomic E-state index is 11.1. The Morgan fingerprint density at radius 1 is 1.23 bits per heavy atom. The number of ether oxygens (including phenoxy) is 1. The zero-order chi connectivity index (χ0) is 15.5. The minimum atomic E-state index is -0.613. The summed E-state index contributed by atoms with van der Waals surface area (Å²) in [4.78, 5) is 11.1. The first-order chi connectivity index (χ1) is 10.6. The summed E-state index contributed by atoms with van der Waals surface area (Å²) in [6, 6.07) is 14.6. The van der Waals surface area contributed by atoms with Gasteiger partial charge in [0.2, 0.25) is 0 Å². The molecule has 0 spiro atoms. The van der Waals surface area contributed by atoms with E-state index >= 15 is 0 Å². The summed E-state index contributed by atoms with van der Waals surface area (Å²) in [5, 5.41) is 12.4. The molecule has 3 heteroatoms. The summed E-state index contributed by atoms with van der Waals surface area (Å²) in [6.45, 7) is 2.34. The summed E-state index contributed by atoms with van der Waals surface area (Å²) < 4.78 is 5.06. The van der Waals surface area contributed by atoms with Crippen LogP contribution in [-0.2, 0) is 9.53 Å². The van der Waals surface area contributed by atoms with E-state index < -0.39 is 6.10 Å². The number of rotatable bonds is 3. The smallest absolute Gasteiger partial charge is 0.308 e. The SMILES string of the molecule is C[C@@H](/C=C/c1ccc2ccccc2c1)C1COC(=O)C[C@H]1O. The van der Waals surface area contributed by atoms with Gasteiger partial charge in [0.1, 0.15) is 0 Å². The number of benzene rings is 2. The molecule has 3 atom stereocenters. The van der Waals surface area contributed by atoms with Crippen LogP contribution in [-0.4, -0.2) is 23.8 Å². The Morgan fingerprint density at radius 2 is 2.00 bits per heavy atom. The van der Waals surface area contributed by atoms with Crippen molar-refractivity contribution in [3.63, 3.8) is 0 Å². The molecule has 114 valence electrons. The maximum atomic E-state index is 11.1. The number of aliphatic hydroxyl groups is 1. The summed E-state index contributed by atoms with van der Waals surface area (Å²) in [6.07, 6.45) is 3.63. The van der Waals surface area contributed by atoms with Crippen molar-refractivity contribution in [2.75, 3.05) is 6.61 Å². The molecule has 2 aromatic rings. The number of hydrogen-bond donors (Lipinski definition) is 1. The number of esters is 1. The van der Waals surface area contributed by atoms with Gasteiger partial charge < -0.3 is 9.84 Å². The van der Waals surface area contributed by atoms with Gasteiger partial charge in [0.05, 0.1) is 19.1 Å². The second-order valence-electron chi connectivity index (χ2n) is 5.94. The van der Waals surface area contributed by atoms with Crippen LogP contribution in [0.5, 0.6) is 0 Å². The highest BCUT2D eigenvalue weighted by Gasteiger charge is 2.31. The fourth-order valence-electron chi connectivity index (χ4n) is 2.90. The normalized spacial score (nSPS) is 23.6. The summed E-state index contributed by atoms with van der Waals surface area (Å²) in [5.74, 6) is -0.196. The first-order valence-corrected chi connectivity index (χ1v) is 7.64. The molecule has 3 rings (SSSR count). The largest absolute Gasteiger partial charge is 0.465 e. The summed E-state index contributed by atoms with van der Waals surface area (Å²) in [5.41, 5.74) is 1.13. The van der Waals surface area contributed by atoms with Crippen LogP contribution >= 0.6 is 0 Å². The monoisotopic (exact) mass is 296 g/mol. The lowest BCUT2D eigenvalue weighted by Crippen LogP contribution is -2.37. The van der Waals surface area contributed by atoms with Crippen LogP contribution in [0.4, 0.5) is 0 Å². The summed E-state index contributed by atoms with van der Waals surface area (Å²) in [7, 11) is 0. The molecular formula is C19H20O3. The van der Waals surface area contributed by atoms with E-state index in [1.54, 1.807) is 0 Å². The zero-order valence-electron chi connectivity index (χ0n) is 12.6. The van der Waals surface area contributed by atoms with E-state index in [4.69, 9.17) is 4.74 Å². The molecule has 0 aromatic heterocycles. The molecule has 1 aliphatic heterocycles. The Hall–Kier alpha value is -2.13. The second kappa shape index (κ2) is 6.32. The third-order valence-electron chi connectivity index (χ3n) is 4.35. The predicted molar refractivity (Wildman–Crippen MR) is 87.2 cm³/mol. The highest BCUT2D eigenvalue weighted by Crippen LogP contribution is 2.25. The van der Waals surface area contributed by atoms with Crippen LogP contribution in [0.2, 0.25) is 0 Å². The number of carbonyl (C=O) groups is 1. The maximum Gasteiger partial charge on any atom is 0.308 e. The van der Waals surface area contributed by atoms with Crippen molar-refractivity contribution in [1.82, 2.24) is 0 Å². The summed E-state index contributed by atoms with van der Waals surface area (Å²) >= 11 is 0. The van der Waals surface area contributed by atoms with Crippen molar-refractivity contribution in [1.29, 1.82) is 0 Å². The van der Waals surface area contributed by atoms with Gasteiger partial charge in [0.25, 0.3) is 0 Å². The van der Waals surface area contributed by atoms with Crippen molar-refractivity contribution >= 4 is 22.8 Å². The van der Waals surface area contributed by atoms with Crippen molar-refractivity contribution in [2.24, 2.45) is 11.8 Å². The van der Waals surface area contributed by atoms with Crippen LogP contribution < -0.4 is 0 Å². The van der Waals surface area contributed by atoms with E-state index in [2.05, 4.69) is 42.5 Å². The van der Waals surface area contributed by atoms with Crippen LogP contribution in [0.25, 0.3) is 16.8 Å². The lowest BCUT2D eigenvalue weighted by Gasteiger charge is -2.30. The third kappa shape index (κ3) is 3.20. The van der Waals surface area contributed by atoms with E-state index in [0.29, 0.717) is 6.61 Å². The average molecular weight is 296 g/mol. The van der Waals surface area contributed by atoms with Gasteiger partial charge in [-0.15, -0.1) is 0 Å². The molecule has 2 aromatic carbocycles. The lowest BCUT2D eigenvalue weighted by molar-refractivity contribution is -0.158. The minimum Gasteiger partial charge on any atom is -0.465 e. The second-order valence-corrected chi connectivity index (χ2v) is 5.94. The quantitative estimate of drug-likeness (QED) is 0.883. The van der Waals surface area contributed by atoms with E-state index in [9.17, 15) is 9.90 Å². The number of hydrogen-bond acceptors (Lipinski definition) is 3. The van der Waals surface area contributed by atoms with Crippen molar-refractivity contribution < 1.29 is 14.6 Å². The zero-order valence-corrected chi connectivity index (χ0v) is 12.6. The Bertz CT molecular complexity index is 705. The first kappa shape index (κ1) is 14.8. The van der Waals surface area contributed by atoms with Gasteiger partial charge in [0, 0.05) is 5.92 Å². The van der Waals surface area contributed by atoms with Gasteiger partial charge in [-0.05, 0) is 28.3 Å². The van der Waals surface area contributed by atoms with E-state index in [1.165, 1.54) is 10.8 Å². The van der Waals surface area contributed by atoms with E-state index in [-0.39, 0.29) is 24.2 Å². The number of cyclic esters (lactones) is 1. The van der Waals surface area contributed by atoms with Crippen LogP contribution in [0.15, 0.2) is 48.5 Å². The van der Waals surface area contributed by atoms with Gasteiger partial charge in [-0.25, -0.2) is 0 Å². The molecule has 1 fully saturated rings. The fraction of sp³-hybridized carbons (Fsp3) is 0.316. The third-order valence-corrected chi connectivity index (χ3v) is 4.35. The molecule has 0 aliphatic carbocycles. The Labute approximate surface area is 130 Å². The van der Waals surface area contributed by atoms with Crippen LogP contribution in [0.1, 0.15) is 18.9 Å². The van der Waals surface area contributed by atoms with E-state index in [0.717, 1.165) is 5.56 Å². The average Bonchev–Trinajstić information content (AvgIpc) is 2.52. The molecule has 1 heterocycles. The van der Waals surface area contributed by atoms with E-state index in [1.807, 2.05) is 19.1 Å². The molecule has 1 aliphatic rings. The van der Waals surface area contributed by atoms with Crippen molar-refractivity contribution in [2.45, 2.75) is 19.4 Å². The highest BCUT2D eigenvalue weighted by molar-refractivity contribution is 5.84. The van der Waals surface area contributed by atoms with Gasteiger partial charge in [0.15, 0.2) is 0 Å². The van der Waals surface area contributed by atoms with Gasteiger partial charge in [-0.2, -0.15) is 0 Å². The number of fused-ring (bicyclic) bond motifs is 1. The molecule has 1 saturated heterocycles. The molecular weight excluding hydrogens is 276 g/mol. The first-order valence-electron chi connectivity index (χ1n) is 7.64. The van der Waals surface area contributed by atoms with Crippen molar-refractivity contribution in [3.05, 3.63) is 54.1 Å². The van der Waals surface area contributed by atoms with Gasteiger partial charge >= 0.3 is 5.97 Å². The Kier molecular flexibility index (Phi) is 4.25. The van der Waals surface area contributed by atoms with Crippen LogP contribution in [0, 0.1) is 11.8 Å². The Balaban J connectivity index is 1.73. The molecule has 3 nitrogen and oxygen atoms in total. The predicted octanol–water partition coefficient (Wildman–Crippen LogP) is 3.41. The molecule has 0 radical (unpaired) electrons. The standard InChI is InChI=1S/C19H20O3/c1-13(17-12-22-19(21)11-18(17)20)6-7-14-8-9-15-4-2-3-5-16(15)10-14/h2-10,13,17-18,20H,11-12H2,1H3/b7-6+/t13-,17?,18+/m0/s1. The lowest BCUT2D eigenvalue weighted by atomic mass is 9.86. The molecule has 0 bridgehead atoms. The minimum absolute atomic E-state index is 0.0330. The van der Waals surface area contributed by atoms with Crippen molar-refractivity contribution in [3.8, 4) is 0 Å². The fourth-order valence-corrected chi connectivity index (χ4v) is 2.90.